The minimum absolute atomic E-state index is 0.328. The van der Waals surface area contributed by atoms with E-state index in [2.05, 4.69) is 30.1 Å². The van der Waals surface area contributed by atoms with Gasteiger partial charge in [-0.25, -0.2) is 0 Å². The fourth-order valence-electron chi connectivity index (χ4n) is 2.58. The standard InChI is InChI=1S/C16H31N3/c1-4-11-18-16(3,14-17)10-6-7-13-19(12-5-2)15-8-9-15/h15,18H,4-13H2,1-3H3. The zero-order valence-electron chi connectivity index (χ0n) is 13.0. The van der Waals surface area contributed by atoms with Gasteiger partial charge in [0.25, 0.3) is 0 Å². The van der Waals surface area contributed by atoms with E-state index in [4.69, 9.17) is 0 Å². The first-order chi connectivity index (χ1) is 9.15. The molecule has 0 saturated heterocycles. The lowest BCUT2D eigenvalue weighted by Crippen LogP contribution is -2.41. The topological polar surface area (TPSA) is 39.1 Å². The summed E-state index contributed by atoms with van der Waals surface area (Å²) in [5, 5.41) is 12.6. The summed E-state index contributed by atoms with van der Waals surface area (Å²) in [6.45, 7) is 9.84. The molecule has 3 heteroatoms. The van der Waals surface area contributed by atoms with E-state index in [0.29, 0.717) is 0 Å². The van der Waals surface area contributed by atoms with Crippen LogP contribution in [0.2, 0.25) is 0 Å². The summed E-state index contributed by atoms with van der Waals surface area (Å²) in [7, 11) is 0. The van der Waals surface area contributed by atoms with E-state index in [9.17, 15) is 5.26 Å². The van der Waals surface area contributed by atoms with Crippen molar-refractivity contribution >= 4 is 0 Å². The molecule has 1 aliphatic carbocycles. The highest BCUT2D eigenvalue weighted by Crippen LogP contribution is 2.27. The van der Waals surface area contributed by atoms with Gasteiger partial charge in [0.1, 0.15) is 5.54 Å². The second-order valence-electron chi connectivity index (χ2n) is 6.09. The Kier molecular flexibility index (Phi) is 7.41. The number of rotatable bonds is 11. The SMILES string of the molecule is CCCNC(C)(C#N)CCCCN(CCC)C1CC1. The maximum Gasteiger partial charge on any atom is 0.103 e. The summed E-state index contributed by atoms with van der Waals surface area (Å²) < 4.78 is 0. The van der Waals surface area contributed by atoms with Crippen LogP contribution < -0.4 is 5.32 Å². The van der Waals surface area contributed by atoms with Crippen LogP contribution in [0.25, 0.3) is 0 Å². The number of nitrogens with zero attached hydrogens (tertiary/aromatic N) is 2. The van der Waals surface area contributed by atoms with Gasteiger partial charge >= 0.3 is 0 Å². The molecule has 1 saturated carbocycles. The molecule has 1 atom stereocenters. The maximum atomic E-state index is 9.28. The van der Waals surface area contributed by atoms with Gasteiger partial charge in [0.2, 0.25) is 0 Å². The average molecular weight is 265 g/mol. The first kappa shape index (κ1) is 16.5. The smallest absolute Gasteiger partial charge is 0.103 e. The first-order valence-corrected chi connectivity index (χ1v) is 8.05. The van der Waals surface area contributed by atoms with Crippen molar-refractivity contribution in [2.75, 3.05) is 19.6 Å². The molecule has 0 aromatic heterocycles. The van der Waals surface area contributed by atoms with Crippen LogP contribution in [0, 0.1) is 11.3 Å². The molecule has 19 heavy (non-hydrogen) atoms. The molecule has 0 aromatic rings. The van der Waals surface area contributed by atoms with Gasteiger partial charge in [-0.3, -0.25) is 5.32 Å². The molecular formula is C16H31N3. The fourth-order valence-corrected chi connectivity index (χ4v) is 2.58. The zero-order valence-corrected chi connectivity index (χ0v) is 13.0. The van der Waals surface area contributed by atoms with E-state index < -0.39 is 0 Å². The lowest BCUT2D eigenvalue weighted by atomic mass is 9.96. The van der Waals surface area contributed by atoms with Crippen LogP contribution in [0.4, 0.5) is 0 Å². The van der Waals surface area contributed by atoms with Gasteiger partial charge in [-0.15, -0.1) is 0 Å². The molecule has 1 unspecified atom stereocenters. The molecule has 0 aliphatic heterocycles. The molecule has 1 N–H and O–H groups in total. The Bertz CT molecular complexity index is 280. The molecule has 0 aromatic carbocycles. The molecule has 110 valence electrons. The van der Waals surface area contributed by atoms with E-state index >= 15 is 0 Å². The molecule has 0 heterocycles. The Hall–Kier alpha value is -0.590. The van der Waals surface area contributed by atoms with Crippen molar-refractivity contribution in [3.8, 4) is 6.07 Å². The van der Waals surface area contributed by atoms with Gasteiger partial charge in [0, 0.05) is 6.04 Å². The molecule has 1 aliphatic rings. The maximum absolute atomic E-state index is 9.28. The molecule has 0 bridgehead atoms. The van der Waals surface area contributed by atoms with E-state index in [1.165, 1.54) is 38.8 Å². The van der Waals surface area contributed by atoms with Gasteiger partial charge < -0.3 is 4.90 Å². The first-order valence-electron chi connectivity index (χ1n) is 8.05. The number of hydrogen-bond acceptors (Lipinski definition) is 3. The zero-order chi connectivity index (χ0) is 14.1. The predicted octanol–water partition coefficient (Wildman–Crippen LogP) is 3.31. The summed E-state index contributed by atoms with van der Waals surface area (Å²) >= 11 is 0. The van der Waals surface area contributed by atoms with Gasteiger partial charge in [0.15, 0.2) is 0 Å². The summed E-state index contributed by atoms with van der Waals surface area (Å²) in [5.41, 5.74) is -0.328. The Labute approximate surface area is 119 Å². The minimum atomic E-state index is -0.328. The van der Waals surface area contributed by atoms with Gasteiger partial charge in [-0.2, -0.15) is 5.26 Å². The largest absolute Gasteiger partial charge is 0.300 e. The summed E-state index contributed by atoms with van der Waals surface area (Å²) in [6.07, 6.45) is 8.47. The van der Waals surface area contributed by atoms with Crippen molar-refractivity contribution in [1.29, 1.82) is 5.26 Å². The molecule has 1 rings (SSSR count). The van der Waals surface area contributed by atoms with Crippen molar-refractivity contribution in [2.45, 2.75) is 77.3 Å². The fraction of sp³-hybridized carbons (Fsp3) is 0.938. The molecule has 0 spiro atoms. The van der Waals surface area contributed by atoms with Crippen molar-refractivity contribution in [1.82, 2.24) is 10.2 Å². The number of hydrogen-bond donors (Lipinski definition) is 1. The van der Waals surface area contributed by atoms with Crippen molar-refractivity contribution in [3.05, 3.63) is 0 Å². The summed E-state index contributed by atoms with van der Waals surface area (Å²) in [6, 6.07) is 3.31. The predicted molar refractivity (Wildman–Crippen MR) is 81.0 cm³/mol. The van der Waals surface area contributed by atoms with Crippen LogP contribution in [0.3, 0.4) is 0 Å². The van der Waals surface area contributed by atoms with Crippen LogP contribution >= 0.6 is 0 Å². The van der Waals surface area contributed by atoms with Crippen LogP contribution in [0.15, 0.2) is 0 Å². The number of unbranched alkanes of at least 4 members (excludes halogenated alkanes) is 1. The number of nitrogens with one attached hydrogen (secondary N) is 1. The van der Waals surface area contributed by atoms with Gasteiger partial charge in [-0.1, -0.05) is 13.8 Å². The molecule has 3 nitrogen and oxygen atoms in total. The van der Waals surface area contributed by atoms with Crippen LogP contribution in [0.1, 0.15) is 65.7 Å². The Morgan fingerprint density at radius 2 is 1.95 bits per heavy atom. The van der Waals surface area contributed by atoms with Crippen LogP contribution in [0.5, 0.6) is 0 Å². The highest BCUT2D eigenvalue weighted by molar-refractivity contribution is 5.03. The van der Waals surface area contributed by atoms with Crippen molar-refractivity contribution in [2.24, 2.45) is 0 Å². The minimum Gasteiger partial charge on any atom is -0.300 e. The highest BCUT2D eigenvalue weighted by atomic mass is 15.2. The van der Waals surface area contributed by atoms with E-state index in [-0.39, 0.29) is 5.54 Å². The van der Waals surface area contributed by atoms with Crippen LogP contribution in [-0.4, -0.2) is 36.1 Å². The van der Waals surface area contributed by atoms with Gasteiger partial charge in [-0.05, 0) is 71.5 Å². The monoisotopic (exact) mass is 265 g/mol. The Morgan fingerprint density at radius 3 is 2.47 bits per heavy atom. The third kappa shape index (κ3) is 6.40. The Morgan fingerprint density at radius 1 is 1.21 bits per heavy atom. The quantitative estimate of drug-likeness (QED) is 0.583. The van der Waals surface area contributed by atoms with Crippen molar-refractivity contribution < 1.29 is 0 Å². The normalized spacial score (nSPS) is 18.3. The highest BCUT2D eigenvalue weighted by Gasteiger charge is 2.28. The molecular weight excluding hydrogens is 234 g/mol. The lowest BCUT2D eigenvalue weighted by Gasteiger charge is -2.25. The van der Waals surface area contributed by atoms with E-state index in [1.54, 1.807) is 0 Å². The molecule has 1 fully saturated rings. The second-order valence-corrected chi connectivity index (χ2v) is 6.09. The van der Waals surface area contributed by atoms with E-state index in [1.807, 2.05) is 6.92 Å². The third-order valence-electron chi connectivity index (χ3n) is 3.96. The van der Waals surface area contributed by atoms with Gasteiger partial charge in [0.05, 0.1) is 6.07 Å². The number of nitriles is 1. The lowest BCUT2D eigenvalue weighted by molar-refractivity contribution is 0.253. The summed E-state index contributed by atoms with van der Waals surface area (Å²) in [4.78, 5) is 2.64. The average Bonchev–Trinajstić information content (AvgIpc) is 3.24. The Balaban J connectivity index is 2.18. The third-order valence-corrected chi connectivity index (χ3v) is 3.96. The summed E-state index contributed by atoms with van der Waals surface area (Å²) in [5.74, 6) is 0. The van der Waals surface area contributed by atoms with Crippen LogP contribution in [-0.2, 0) is 0 Å². The second kappa shape index (κ2) is 8.55. The molecule has 0 radical (unpaired) electrons. The van der Waals surface area contributed by atoms with E-state index in [0.717, 1.165) is 31.8 Å². The molecule has 0 amide bonds. The van der Waals surface area contributed by atoms with Crippen molar-refractivity contribution in [3.63, 3.8) is 0 Å².